The van der Waals surface area contributed by atoms with Gasteiger partial charge in [0.2, 0.25) is 0 Å². The molecule has 1 aromatic heterocycles. The summed E-state index contributed by atoms with van der Waals surface area (Å²) in [6.45, 7) is 1.11. The molecular formula is C7H8N2O3. The number of carboxylic acids is 1. The summed E-state index contributed by atoms with van der Waals surface area (Å²) in [5.74, 6) is -0.945. The van der Waals surface area contributed by atoms with Crippen molar-refractivity contribution in [1.82, 2.24) is 9.78 Å². The lowest BCUT2D eigenvalue weighted by Gasteiger charge is -2.26. The van der Waals surface area contributed by atoms with E-state index in [0.717, 1.165) is 0 Å². The van der Waals surface area contributed by atoms with Crippen LogP contribution >= 0.6 is 0 Å². The molecule has 0 atom stereocenters. The van der Waals surface area contributed by atoms with Gasteiger partial charge < -0.3 is 9.84 Å². The zero-order chi connectivity index (χ0) is 8.55. The highest BCUT2D eigenvalue weighted by atomic mass is 16.5. The second-order valence-electron chi connectivity index (χ2n) is 2.66. The number of carbonyl (C=O) groups is 1. The molecule has 5 nitrogen and oxygen atoms in total. The molecule has 12 heavy (non-hydrogen) atoms. The van der Waals surface area contributed by atoms with Gasteiger partial charge in [0.25, 0.3) is 0 Å². The molecule has 0 unspecified atom stereocenters. The first-order chi connectivity index (χ1) is 5.79. The maximum atomic E-state index is 10.6. The number of carboxylic acid groups (broad SMARTS) is 1. The molecule has 0 spiro atoms. The smallest absolute Gasteiger partial charge is 0.354 e. The van der Waals surface area contributed by atoms with Crippen LogP contribution < -0.4 is 0 Å². The van der Waals surface area contributed by atoms with Gasteiger partial charge in [-0.3, -0.25) is 4.68 Å². The van der Waals surface area contributed by atoms with E-state index in [2.05, 4.69) is 5.10 Å². The standard InChI is InChI=1S/C7H8N2O3/c10-7(11)6-1-2-8-9(6)5-3-12-4-5/h1-2,5H,3-4H2,(H,10,11). The first kappa shape index (κ1) is 7.30. The molecule has 1 fully saturated rings. The summed E-state index contributed by atoms with van der Waals surface area (Å²) in [5, 5.41) is 12.6. The Labute approximate surface area is 68.6 Å². The third-order valence-corrected chi connectivity index (χ3v) is 1.86. The average Bonchev–Trinajstić information content (AvgIpc) is 2.31. The van der Waals surface area contributed by atoms with E-state index in [4.69, 9.17) is 9.84 Å². The third kappa shape index (κ3) is 0.984. The maximum Gasteiger partial charge on any atom is 0.354 e. The molecule has 1 N–H and O–H groups in total. The molecule has 1 saturated heterocycles. The monoisotopic (exact) mass is 168 g/mol. The number of nitrogens with zero attached hydrogens (tertiary/aromatic N) is 2. The van der Waals surface area contributed by atoms with E-state index >= 15 is 0 Å². The molecule has 5 heteroatoms. The Balaban J connectivity index is 2.29. The van der Waals surface area contributed by atoms with Crippen LogP contribution in [-0.4, -0.2) is 34.1 Å². The van der Waals surface area contributed by atoms with Gasteiger partial charge in [0.05, 0.1) is 19.3 Å². The zero-order valence-corrected chi connectivity index (χ0v) is 6.30. The second-order valence-corrected chi connectivity index (χ2v) is 2.66. The number of rotatable bonds is 2. The van der Waals surface area contributed by atoms with Gasteiger partial charge in [0, 0.05) is 6.20 Å². The first-order valence-corrected chi connectivity index (χ1v) is 3.63. The van der Waals surface area contributed by atoms with Crippen LogP contribution in [0.4, 0.5) is 0 Å². The Morgan fingerprint density at radius 2 is 2.50 bits per heavy atom. The van der Waals surface area contributed by atoms with Crippen LogP contribution in [0.3, 0.4) is 0 Å². The van der Waals surface area contributed by atoms with Crippen molar-refractivity contribution in [1.29, 1.82) is 0 Å². The number of aromatic nitrogens is 2. The highest BCUT2D eigenvalue weighted by molar-refractivity contribution is 5.85. The summed E-state index contributed by atoms with van der Waals surface area (Å²) in [5.41, 5.74) is 0.225. The van der Waals surface area contributed by atoms with Crippen LogP contribution in [0.5, 0.6) is 0 Å². The minimum absolute atomic E-state index is 0.103. The molecule has 0 radical (unpaired) electrons. The summed E-state index contributed by atoms with van der Waals surface area (Å²) in [7, 11) is 0. The van der Waals surface area contributed by atoms with E-state index in [1.807, 2.05) is 0 Å². The van der Waals surface area contributed by atoms with Crippen molar-refractivity contribution in [3.8, 4) is 0 Å². The molecule has 2 heterocycles. The van der Waals surface area contributed by atoms with Crippen molar-refractivity contribution in [3.63, 3.8) is 0 Å². The molecular weight excluding hydrogens is 160 g/mol. The van der Waals surface area contributed by atoms with Gasteiger partial charge in [-0.2, -0.15) is 5.10 Å². The fourth-order valence-corrected chi connectivity index (χ4v) is 1.14. The lowest BCUT2D eigenvalue weighted by atomic mass is 10.2. The lowest BCUT2D eigenvalue weighted by molar-refractivity contribution is -0.0299. The Kier molecular flexibility index (Phi) is 1.58. The van der Waals surface area contributed by atoms with Gasteiger partial charge >= 0.3 is 5.97 Å². The molecule has 0 amide bonds. The molecule has 64 valence electrons. The van der Waals surface area contributed by atoms with Gasteiger partial charge in [0.15, 0.2) is 0 Å². The summed E-state index contributed by atoms with van der Waals surface area (Å²) < 4.78 is 6.43. The van der Waals surface area contributed by atoms with E-state index in [-0.39, 0.29) is 11.7 Å². The van der Waals surface area contributed by atoms with Crippen molar-refractivity contribution in [3.05, 3.63) is 18.0 Å². The summed E-state index contributed by atoms with van der Waals surface area (Å²) in [6.07, 6.45) is 1.49. The highest BCUT2D eigenvalue weighted by Gasteiger charge is 2.25. The average molecular weight is 168 g/mol. The Bertz CT molecular complexity index is 303. The molecule has 2 rings (SSSR count). The van der Waals surface area contributed by atoms with Crippen molar-refractivity contribution in [2.24, 2.45) is 0 Å². The van der Waals surface area contributed by atoms with Crippen molar-refractivity contribution < 1.29 is 14.6 Å². The Hall–Kier alpha value is -1.36. The quantitative estimate of drug-likeness (QED) is 0.682. The summed E-state index contributed by atoms with van der Waals surface area (Å²) in [4.78, 5) is 10.6. The van der Waals surface area contributed by atoms with Gasteiger partial charge in [-0.1, -0.05) is 0 Å². The van der Waals surface area contributed by atoms with E-state index in [1.165, 1.54) is 16.9 Å². The first-order valence-electron chi connectivity index (χ1n) is 3.63. The SMILES string of the molecule is O=C(O)c1ccnn1C1COC1. The second kappa shape index (κ2) is 2.60. The lowest BCUT2D eigenvalue weighted by Crippen LogP contribution is -2.33. The van der Waals surface area contributed by atoms with Crippen LogP contribution in [0.25, 0.3) is 0 Å². The third-order valence-electron chi connectivity index (χ3n) is 1.86. The van der Waals surface area contributed by atoms with Gasteiger partial charge in [0.1, 0.15) is 5.69 Å². The van der Waals surface area contributed by atoms with Crippen molar-refractivity contribution in [2.75, 3.05) is 13.2 Å². The van der Waals surface area contributed by atoms with Crippen LogP contribution in [0.2, 0.25) is 0 Å². The largest absolute Gasteiger partial charge is 0.477 e. The van der Waals surface area contributed by atoms with Crippen LogP contribution in [0.15, 0.2) is 12.3 Å². The van der Waals surface area contributed by atoms with E-state index < -0.39 is 5.97 Å². The van der Waals surface area contributed by atoms with Crippen molar-refractivity contribution in [2.45, 2.75) is 6.04 Å². The predicted octanol–water partition coefficient (Wildman–Crippen LogP) is 0.153. The normalized spacial score (nSPS) is 17.3. The van der Waals surface area contributed by atoms with Gasteiger partial charge in [-0.25, -0.2) is 4.79 Å². The summed E-state index contributed by atoms with van der Waals surface area (Å²) in [6, 6.07) is 1.59. The highest BCUT2D eigenvalue weighted by Crippen LogP contribution is 2.17. The fourth-order valence-electron chi connectivity index (χ4n) is 1.14. The Morgan fingerprint density at radius 1 is 1.75 bits per heavy atom. The predicted molar refractivity (Wildman–Crippen MR) is 39.0 cm³/mol. The molecule has 1 aliphatic rings. The van der Waals surface area contributed by atoms with Gasteiger partial charge in [-0.05, 0) is 6.07 Å². The topological polar surface area (TPSA) is 64.3 Å². The van der Waals surface area contributed by atoms with Crippen LogP contribution in [-0.2, 0) is 4.74 Å². The number of hydrogen-bond donors (Lipinski definition) is 1. The molecule has 0 bridgehead atoms. The molecule has 0 aromatic carbocycles. The van der Waals surface area contributed by atoms with Crippen molar-refractivity contribution >= 4 is 5.97 Å². The maximum absolute atomic E-state index is 10.6. The molecule has 0 aliphatic carbocycles. The van der Waals surface area contributed by atoms with Gasteiger partial charge in [-0.15, -0.1) is 0 Å². The van der Waals surface area contributed by atoms with E-state index in [9.17, 15) is 4.79 Å². The van der Waals surface area contributed by atoms with E-state index in [1.54, 1.807) is 0 Å². The zero-order valence-electron chi connectivity index (χ0n) is 6.30. The minimum atomic E-state index is -0.945. The fraction of sp³-hybridized carbons (Fsp3) is 0.429. The summed E-state index contributed by atoms with van der Waals surface area (Å²) >= 11 is 0. The number of ether oxygens (including phenoxy) is 1. The van der Waals surface area contributed by atoms with E-state index in [0.29, 0.717) is 13.2 Å². The minimum Gasteiger partial charge on any atom is -0.477 e. The van der Waals surface area contributed by atoms with Crippen LogP contribution in [0, 0.1) is 0 Å². The Morgan fingerprint density at radius 3 is 3.00 bits per heavy atom. The number of hydrogen-bond acceptors (Lipinski definition) is 3. The molecule has 0 saturated carbocycles. The van der Waals surface area contributed by atoms with Crippen LogP contribution in [0.1, 0.15) is 16.5 Å². The molecule has 1 aromatic rings. The number of aromatic carboxylic acids is 1. The molecule has 1 aliphatic heterocycles.